The number of nitrogens with one attached hydrogen (secondary N) is 3. The van der Waals surface area contributed by atoms with Crippen LogP contribution in [0.15, 0.2) is 89.2 Å². The number of likely N-dealkylation sites (N-methyl/N-ethyl adjacent to an activating group) is 1. The Morgan fingerprint density at radius 1 is 0.900 bits per heavy atom. The van der Waals surface area contributed by atoms with Gasteiger partial charge in [-0.25, -0.2) is 0 Å². The third-order valence-corrected chi connectivity index (χ3v) is 5.41. The van der Waals surface area contributed by atoms with E-state index >= 15 is 0 Å². The molecule has 0 atom stereocenters. The van der Waals surface area contributed by atoms with Crippen LogP contribution in [0.4, 0.5) is 11.4 Å². The van der Waals surface area contributed by atoms with Crippen molar-refractivity contribution in [3.63, 3.8) is 0 Å². The summed E-state index contributed by atoms with van der Waals surface area (Å²) in [6, 6.07) is 21.1. The Hall–Kier alpha value is -5.19. The number of methoxy groups -OCH3 is 2. The zero-order valence-corrected chi connectivity index (χ0v) is 22.6. The molecule has 3 N–H and O–H groups in total. The molecule has 0 heterocycles. The highest BCUT2D eigenvalue weighted by molar-refractivity contribution is 6.07. The van der Waals surface area contributed by atoms with Crippen molar-refractivity contribution in [3.8, 4) is 11.5 Å². The summed E-state index contributed by atoms with van der Waals surface area (Å²) in [6.07, 6.45) is 3.00. The highest BCUT2D eigenvalue weighted by atomic mass is 16.5. The molecule has 0 saturated heterocycles. The van der Waals surface area contributed by atoms with Gasteiger partial charge in [-0.05, 0) is 48.0 Å². The standard InChI is InChI=1S/C29H32N6O5/c1-35(20-28(37)32-22-9-5-4-6-10-22)34-31-18-17-30-29(38)23-11-7-8-12-24(23)33-27(36)16-14-21-13-15-25(39-2)26(19-21)40-3/h4-16,19H,17-18,20H2,1-3H3,(H,30,38)(H,32,37)(H,33,36)/b16-14+,34-31?. The number of hydrogen-bond acceptors (Lipinski definition) is 7. The van der Waals surface area contributed by atoms with Crippen molar-refractivity contribution in [1.82, 2.24) is 10.3 Å². The number of benzene rings is 3. The number of anilines is 2. The van der Waals surface area contributed by atoms with E-state index in [1.54, 1.807) is 74.8 Å². The van der Waals surface area contributed by atoms with E-state index in [9.17, 15) is 14.4 Å². The number of carbonyl (C=O) groups is 3. The molecule has 3 rings (SSSR count). The molecule has 3 aromatic carbocycles. The van der Waals surface area contributed by atoms with Gasteiger partial charge in [0.25, 0.3) is 5.91 Å². The fourth-order valence-corrected chi connectivity index (χ4v) is 3.52. The first-order valence-corrected chi connectivity index (χ1v) is 12.4. The van der Waals surface area contributed by atoms with Crippen LogP contribution in [0.2, 0.25) is 0 Å². The van der Waals surface area contributed by atoms with E-state index in [0.29, 0.717) is 28.4 Å². The Morgan fingerprint density at radius 2 is 1.62 bits per heavy atom. The molecule has 11 heteroatoms. The molecule has 208 valence electrons. The van der Waals surface area contributed by atoms with E-state index in [-0.39, 0.29) is 31.4 Å². The summed E-state index contributed by atoms with van der Waals surface area (Å²) < 4.78 is 10.5. The molecule has 0 spiro atoms. The van der Waals surface area contributed by atoms with Crippen LogP contribution < -0.4 is 25.4 Å². The molecule has 11 nitrogen and oxygen atoms in total. The lowest BCUT2D eigenvalue weighted by atomic mass is 10.1. The summed E-state index contributed by atoms with van der Waals surface area (Å²) in [4.78, 5) is 37.3. The summed E-state index contributed by atoms with van der Waals surface area (Å²) in [7, 11) is 4.72. The van der Waals surface area contributed by atoms with Gasteiger partial charge >= 0.3 is 0 Å². The minimum absolute atomic E-state index is 0.0261. The number of hydrogen-bond donors (Lipinski definition) is 3. The van der Waals surface area contributed by atoms with Crippen molar-refractivity contribution < 1.29 is 23.9 Å². The summed E-state index contributed by atoms with van der Waals surface area (Å²) in [5, 5.41) is 17.6. The Bertz CT molecular complexity index is 1360. The molecule has 0 fully saturated rings. The van der Waals surface area contributed by atoms with Crippen LogP contribution in [0.25, 0.3) is 6.08 Å². The van der Waals surface area contributed by atoms with Gasteiger partial charge in [-0.1, -0.05) is 41.6 Å². The predicted molar refractivity (Wildman–Crippen MR) is 153 cm³/mol. The number of carbonyl (C=O) groups excluding carboxylic acids is 3. The van der Waals surface area contributed by atoms with Gasteiger partial charge in [0.05, 0.1) is 32.0 Å². The van der Waals surface area contributed by atoms with Crippen LogP contribution in [0, 0.1) is 0 Å². The van der Waals surface area contributed by atoms with Crippen molar-refractivity contribution >= 4 is 35.2 Å². The lowest BCUT2D eigenvalue weighted by Crippen LogP contribution is -2.28. The highest BCUT2D eigenvalue weighted by Gasteiger charge is 2.12. The van der Waals surface area contributed by atoms with Crippen molar-refractivity contribution in [2.45, 2.75) is 0 Å². The second kappa shape index (κ2) is 15.3. The molecule has 3 aromatic rings. The first kappa shape index (κ1) is 29.4. The Kier molecular flexibility index (Phi) is 11.2. The van der Waals surface area contributed by atoms with E-state index in [1.165, 1.54) is 18.2 Å². The molecule has 0 aliphatic carbocycles. The molecule has 40 heavy (non-hydrogen) atoms. The maximum atomic E-state index is 12.7. The fraction of sp³-hybridized carbons (Fsp3) is 0.207. The van der Waals surface area contributed by atoms with E-state index in [2.05, 4.69) is 26.3 Å². The lowest BCUT2D eigenvalue weighted by Gasteiger charge is -2.12. The Labute approximate surface area is 232 Å². The maximum Gasteiger partial charge on any atom is 0.253 e. The molecular formula is C29H32N6O5. The zero-order valence-electron chi connectivity index (χ0n) is 22.6. The minimum atomic E-state index is -0.400. The molecule has 0 aliphatic heterocycles. The monoisotopic (exact) mass is 544 g/mol. The second-order valence-corrected chi connectivity index (χ2v) is 8.42. The first-order valence-electron chi connectivity index (χ1n) is 12.4. The van der Waals surface area contributed by atoms with E-state index in [4.69, 9.17) is 9.47 Å². The fourth-order valence-electron chi connectivity index (χ4n) is 3.52. The van der Waals surface area contributed by atoms with Crippen molar-refractivity contribution in [1.29, 1.82) is 0 Å². The van der Waals surface area contributed by atoms with Gasteiger partial charge in [0, 0.05) is 25.4 Å². The molecule has 0 radical (unpaired) electrons. The third kappa shape index (κ3) is 9.28. The topological polar surface area (TPSA) is 134 Å². The van der Waals surface area contributed by atoms with Crippen LogP contribution in [0.3, 0.4) is 0 Å². The van der Waals surface area contributed by atoms with Crippen LogP contribution in [-0.2, 0) is 9.59 Å². The molecule has 0 aliphatic rings. The average Bonchev–Trinajstić information content (AvgIpc) is 2.96. The molecule has 0 bridgehead atoms. The number of para-hydroxylation sites is 2. The predicted octanol–water partition coefficient (Wildman–Crippen LogP) is 4.02. The van der Waals surface area contributed by atoms with E-state index in [0.717, 1.165) is 5.56 Å². The van der Waals surface area contributed by atoms with E-state index in [1.807, 2.05) is 18.2 Å². The Morgan fingerprint density at radius 3 is 2.38 bits per heavy atom. The number of nitrogens with zero attached hydrogens (tertiary/aromatic N) is 3. The van der Waals surface area contributed by atoms with Crippen molar-refractivity contribution in [2.24, 2.45) is 10.3 Å². The summed E-state index contributed by atoms with van der Waals surface area (Å²) >= 11 is 0. The quantitative estimate of drug-likeness (QED) is 0.129. The summed E-state index contributed by atoms with van der Waals surface area (Å²) in [5.41, 5.74) is 2.12. The summed E-state index contributed by atoms with van der Waals surface area (Å²) in [6.45, 7) is 0.450. The first-order chi connectivity index (χ1) is 19.4. The third-order valence-electron chi connectivity index (χ3n) is 5.41. The van der Waals surface area contributed by atoms with Crippen molar-refractivity contribution in [2.75, 3.05) is 51.5 Å². The van der Waals surface area contributed by atoms with Gasteiger partial charge in [0.1, 0.15) is 6.54 Å². The second-order valence-electron chi connectivity index (χ2n) is 8.42. The number of amides is 3. The normalized spacial score (nSPS) is 10.8. The van der Waals surface area contributed by atoms with Crippen LogP contribution in [0.5, 0.6) is 11.5 Å². The van der Waals surface area contributed by atoms with E-state index < -0.39 is 5.91 Å². The molecule has 0 unspecified atom stereocenters. The number of ether oxygens (including phenoxy) is 2. The van der Waals surface area contributed by atoms with Gasteiger partial charge < -0.3 is 25.4 Å². The van der Waals surface area contributed by atoms with Gasteiger partial charge in [0.2, 0.25) is 11.8 Å². The smallest absolute Gasteiger partial charge is 0.253 e. The van der Waals surface area contributed by atoms with Crippen LogP contribution >= 0.6 is 0 Å². The molecule has 0 aromatic heterocycles. The highest BCUT2D eigenvalue weighted by Crippen LogP contribution is 2.28. The SMILES string of the molecule is COc1ccc(/C=C/C(=O)Nc2ccccc2C(=O)NCCN=NN(C)CC(=O)Nc2ccccc2)cc1OC. The van der Waals surface area contributed by atoms with Crippen LogP contribution in [0.1, 0.15) is 15.9 Å². The average molecular weight is 545 g/mol. The van der Waals surface area contributed by atoms with Crippen molar-refractivity contribution in [3.05, 3.63) is 90.0 Å². The lowest BCUT2D eigenvalue weighted by molar-refractivity contribution is -0.117. The van der Waals surface area contributed by atoms with Crippen LogP contribution in [-0.4, -0.2) is 63.6 Å². The maximum absolute atomic E-state index is 12.7. The van der Waals surface area contributed by atoms with Gasteiger partial charge in [-0.2, -0.15) is 5.11 Å². The van der Waals surface area contributed by atoms with Gasteiger partial charge in [0.15, 0.2) is 11.5 Å². The Balaban J connectivity index is 1.46. The summed E-state index contributed by atoms with van der Waals surface area (Å²) in [5.74, 6) is 0.141. The number of rotatable bonds is 13. The largest absolute Gasteiger partial charge is 0.493 e. The van der Waals surface area contributed by atoms with Gasteiger partial charge in [-0.15, -0.1) is 0 Å². The molecule has 0 saturated carbocycles. The molecular weight excluding hydrogens is 512 g/mol. The molecule has 3 amide bonds. The zero-order chi connectivity index (χ0) is 28.7. The van der Waals surface area contributed by atoms with Gasteiger partial charge in [-0.3, -0.25) is 19.4 Å². The minimum Gasteiger partial charge on any atom is -0.493 e.